The third kappa shape index (κ3) is 6.70. The molecule has 2 atom stereocenters. The monoisotopic (exact) mass is 501 g/mol. The average Bonchev–Trinajstić information content (AvgIpc) is 2.64. The van der Waals surface area contributed by atoms with Crippen LogP contribution in [0.4, 0.5) is 52.7 Å². The van der Waals surface area contributed by atoms with Crippen molar-refractivity contribution in [1.29, 1.82) is 0 Å². The van der Waals surface area contributed by atoms with Gasteiger partial charge in [0.1, 0.15) is 11.4 Å². The lowest BCUT2D eigenvalue weighted by atomic mass is 10.0. The Kier molecular flexibility index (Phi) is 6.98. The van der Waals surface area contributed by atoms with Gasteiger partial charge in [0, 0.05) is 0 Å². The highest BCUT2D eigenvalue weighted by Crippen LogP contribution is 2.40. The summed E-state index contributed by atoms with van der Waals surface area (Å²) in [7, 11) is 0. The summed E-state index contributed by atoms with van der Waals surface area (Å²) in [5, 5.41) is 22.7. The van der Waals surface area contributed by atoms with Crippen LogP contribution in [0.5, 0.6) is 0 Å². The average molecular weight is 501 g/mol. The minimum absolute atomic E-state index is 0.0188. The van der Waals surface area contributed by atoms with E-state index in [1.54, 1.807) is 0 Å². The molecule has 4 nitrogen and oxygen atoms in total. The molecule has 2 aromatic rings. The summed E-state index contributed by atoms with van der Waals surface area (Å²) in [5.41, 5.74) is -10.4. The summed E-state index contributed by atoms with van der Waals surface area (Å²) < 4.78 is 154. The second kappa shape index (κ2) is 8.64. The highest BCUT2D eigenvalue weighted by Gasteiger charge is 2.39. The van der Waals surface area contributed by atoms with Crippen LogP contribution in [0.25, 0.3) is 5.32 Å². The SMILES string of the molecule is OC([N-]C(O)c1cc(C(F)(F)F)nc(C(F)(F)F)c1)c1cc(C(F)(F)F)cc(C(F)(F)F)c1. The summed E-state index contributed by atoms with van der Waals surface area (Å²) in [6.45, 7) is 0. The number of aromatic nitrogens is 1. The Morgan fingerprint density at radius 2 is 0.879 bits per heavy atom. The summed E-state index contributed by atoms with van der Waals surface area (Å²) in [6, 6.07) is -0.413. The van der Waals surface area contributed by atoms with E-state index in [4.69, 9.17) is 0 Å². The fourth-order valence-corrected chi connectivity index (χ4v) is 2.43. The molecule has 0 aliphatic rings. The number of aliphatic hydroxyl groups excluding tert-OH is 2. The number of alkyl halides is 12. The number of hydrogen-bond acceptors (Lipinski definition) is 3. The second-order valence-corrected chi connectivity index (χ2v) is 6.40. The predicted molar refractivity (Wildman–Crippen MR) is 84.0 cm³/mol. The Balaban J connectivity index is 2.46. The molecule has 16 heteroatoms. The zero-order chi connectivity index (χ0) is 25.6. The van der Waals surface area contributed by atoms with Gasteiger partial charge in [0.05, 0.1) is 11.1 Å². The van der Waals surface area contributed by atoms with Gasteiger partial charge in [-0.1, -0.05) is 0 Å². The van der Waals surface area contributed by atoms with Crippen molar-refractivity contribution >= 4 is 0 Å². The lowest BCUT2D eigenvalue weighted by molar-refractivity contribution is -0.150. The molecule has 0 radical (unpaired) electrons. The fraction of sp³-hybridized carbons (Fsp3) is 0.353. The largest absolute Gasteiger partial charge is 0.603 e. The fourth-order valence-electron chi connectivity index (χ4n) is 2.43. The van der Waals surface area contributed by atoms with Gasteiger partial charge < -0.3 is 15.5 Å². The topological polar surface area (TPSA) is 67.5 Å². The van der Waals surface area contributed by atoms with Gasteiger partial charge in [-0.3, -0.25) is 0 Å². The first kappa shape index (κ1) is 26.7. The van der Waals surface area contributed by atoms with Crippen molar-refractivity contribution in [1.82, 2.24) is 4.98 Å². The van der Waals surface area contributed by atoms with E-state index in [0.29, 0.717) is 0 Å². The third-order valence-corrected chi connectivity index (χ3v) is 3.92. The smallest absolute Gasteiger partial charge is 0.433 e. The van der Waals surface area contributed by atoms with E-state index >= 15 is 0 Å². The van der Waals surface area contributed by atoms with Crippen molar-refractivity contribution in [3.8, 4) is 0 Å². The molecule has 2 unspecified atom stereocenters. The van der Waals surface area contributed by atoms with Crippen molar-refractivity contribution in [2.75, 3.05) is 0 Å². The normalized spacial score (nSPS) is 15.5. The number of aliphatic hydroxyl groups is 2. The molecule has 1 aromatic heterocycles. The van der Waals surface area contributed by atoms with Crippen LogP contribution in [0.3, 0.4) is 0 Å². The molecule has 33 heavy (non-hydrogen) atoms. The Hall–Kier alpha value is -2.59. The van der Waals surface area contributed by atoms with Crippen LogP contribution < -0.4 is 0 Å². The standard InChI is InChI=1S/C17H9F12N2O2/c18-14(19,20)8-1-6(2-9(5-8)15(21,22)23)12(32)31-13(33)7-3-10(16(24,25)26)30-11(4-7)17(27,28)29/h1-5,12-13,32-33H/q-1. The van der Waals surface area contributed by atoms with E-state index in [1.807, 2.05) is 0 Å². The van der Waals surface area contributed by atoms with E-state index in [9.17, 15) is 62.9 Å². The molecule has 184 valence electrons. The van der Waals surface area contributed by atoms with Crippen LogP contribution in [0.2, 0.25) is 0 Å². The van der Waals surface area contributed by atoms with Crippen molar-refractivity contribution in [2.45, 2.75) is 37.2 Å². The van der Waals surface area contributed by atoms with Crippen molar-refractivity contribution in [3.63, 3.8) is 0 Å². The molecule has 0 amide bonds. The number of nitrogens with zero attached hydrogens (tertiary/aromatic N) is 2. The molecule has 1 aromatic carbocycles. The maximum atomic E-state index is 12.9. The van der Waals surface area contributed by atoms with Gasteiger partial charge in [-0.05, 0) is 53.9 Å². The second-order valence-electron chi connectivity index (χ2n) is 6.40. The summed E-state index contributed by atoms with van der Waals surface area (Å²) in [5.74, 6) is 0. The molecule has 0 fully saturated rings. The lowest BCUT2D eigenvalue weighted by Gasteiger charge is -2.34. The van der Waals surface area contributed by atoms with Gasteiger partial charge in [-0.15, -0.1) is 0 Å². The van der Waals surface area contributed by atoms with Gasteiger partial charge in [0.25, 0.3) is 0 Å². The number of rotatable bonds is 4. The van der Waals surface area contributed by atoms with Crippen molar-refractivity contribution in [3.05, 3.63) is 69.3 Å². The van der Waals surface area contributed by atoms with Crippen LogP contribution in [0.1, 0.15) is 46.1 Å². The summed E-state index contributed by atoms with van der Waals surface area (Å²) >= 11 is 0. The Labute approximate surface area is 175 Å². The third-order valence-electron chi connectivity index (χ3n) is 3.92. The Bertz CT molecular complexity index is 851. The van der Waals surface area contributed by atoms with Crippen LogP contribution in [0.15, 0.2) is 30.3 Å². The van der Waals surface area contributed by atoms with Gasteiger partial charge in [0.15, 0.2) is 0 Å². The molecule has 2 rings (SSSR count). The number of halogens is 12. The molecular weight excluding hydrogens is 492 g/mol. The lowest BCUT2D eigenvalue weighted by Crippen LogP contribution is -2.17. The predicted octanol–water partition coefficient (Wildman–Crippen LogP) is 6.21. The quantitative estimate of drug-likeness (QED) is 0.490. The van der Waals surface area contributed by atoms with Crippen LogP contribution >= 0.6 is 0 Å². The number of benzene rings is 1. The minimum atomic E-state index is -5.42. The summed E-state index contributed by atoms with van der Waals surface area (Å²) in [4.78, 5) is 2.36. The minimum Gasteiger partial charge on any atom is -0.603 e. The molecular formula is C17H9F12N2O2-. The molecule has 0 saturated heterocycles. The van der Waals surface area contributed by atoms with E-state index < -0.39 is 70.8 Å². The van der Waals surface area contributed by atoms with Crippen LogP contribution in [0, 0.1) is 0 Å². The molecule has 0 aliphatic carbocycles. The molecule has 0 aliphatic heterocycles. The Morgan fingerprint density at radius 3 is 1.18 bits per heavy atom. The molecule has 1 heterocycles. The number of hydrogen-bond donors (Lipinski definition) is 2. The van der Waals surface area contributed by atoms with Crippen LogP contribution in [-0.2, 0) is 24.7 Å². The molecule has 0 saturated carbocycles. The van der Waals surface area contributed by atoms with Gasteiger partial charge in [-0.25, -0.2) is 4.98 Å². The van der Waals surface area contributed by atoms with Gasteiger partial charge in [0.2, 0.25) is 0 Å². The zero-order valence-corrected chi connectivity index (χ0v) is 15.4. The first-order valence-electron chi connectivity index (χ1n) is 8.21. The van der Waals surface area contributed by atoms with E-state index in [0.717, 1.165) is 0 Å². The highest BCUT2D eigenvalue weighted by molar-refractivity contribution is 5.37. The van der Waals surface area contributed by atoms with E-state index in [-0.39, 0.29) is 30.3 Å². The van der Waals surface area contributed by atoms with Crippen molar-refractivity contribution in [2.24, 2.45) is 0 Å². The van der Waals surface area contributed by atoms with Gasteiger partial charge in [-0.2, -0.15) is 52.7 Å². The summed E-state index contributed by atoms with van der Waals surface area (Å²) in [6.07, 6.45) is -26.9. The molecule has 2 N–H and O–H groups in total. The van der Waals surface area contributed by atoms with Gasteiger partial charge >= 0.3 is 24.7 Å². The zero-order valence-electron chi connectivity index (χ0n) is 15.4. The van der Waals surface area contributed by atoms with E-state index in [1.165, 1.54) is 0 Å². The maximum absolute atomic E-state index is 12.9. The first-order chi connectivity index (χ1) is 14.7. The Morgan fingerprint density at radius 1 is 0.545 bits per heavy atom. The number of pyridine rings is 1. The molecule has 0 spiro atoms. The first-order valence-corrected chi connectivity index (χ1v) is 8.21. The van der Waals surface area contributed by atoms with Crippen molar-refractivity contribution < 1.29 is 62.9 Å². The molecule has 0 bridgehead atoms. The maximum Gasteiger partial charge on any atom is 0.433 e. The van der Waals surface area contributed by atoms with E-state index in [2.05, 4.69) is 10.3 Å². The van der Waals surface area contributed by atoms with Crippen LogP contribution in [-0.4, -0.2) is 15.2 Å². The highest BCUT2D eigenvalue weighted by atomic mass is 19.4.